The minimum atomic E-state index is -0.251. The van der Waals surface area contributed by atoms with Crippen molar-refractivity contribution in [2.75, 3.05) is 13.2 Å². The lowest BCUT2D eigenvalue weighted by atomic mass is 10.1. The number of aliphatic hydroxyl groups excluding tert-OH is 1. The molecule has 2 aromatic heterocycles. The van der Waals surface area contributed by atoms with E-state index < -0.39 is 0 Å². The summed E-state index contributed by atoms with van der Waals surface area (Å²) in [5.74, 6) is 5.04. The van der Waals surface area contributed by atoms with Gasteiger partial charge in [0.25, 0.3) is 5.91 Å². The molecule has 0 spiro atoms. The first-order chi connectivity index (χ1) is 10.2. The van der Waals surface area contributed by atoms with Crippen molar-refractivity contribution >= 4 is 17.2 Å². The molecule has 0 unspecified atom stereocenters. The molecule has 2 N–H and O–H groups in total. The molecule has 108 valence electrons. The van der Waals surface area contributed by atoms with Gasteiger partial charge >= 0.3 is 0 Å². The Morgan fingerprint density at radius 3 is 3.10 bits per heavy atom. The van der Waals surface area contributed by atoms with Crippen LogP contribution in [0.1, 0.15) is 26.6 Å². The van der Waals surface area contributed by atoms with E-state index >= 15 is 0 Å². The molecular weight excluding hydrogens is 286 g/mol. The van der Waals surface area contributed by atoms with Crippen LogP contribution in [0, 0.1) is 18.8 Å². The number of hydrogen-bond donors (Lipinski definition) is 2. The van der Waals surface area contributed by atoms with Crippen LogP contribution in [0.4, 0.5) is 0 Å². The van der Waals surface area contributed by atoms with Gasteiger partial charge in [-0.25, -0.2) is 4.98 Å². The van der Waals surface area contributed by atoms with Crippen LogP contribution in [0.2, 0.25) is 0 Å². The second-order valence-corrected chi connectivity index (χ2v) is 5.21. The largest absolute Gasteiger partial charge is 0.384 e. The van der Waals surface area contributed by atoms with Crippen molar-refractivity contribution in [1.82, 2.24) is 15.3 Å². The summed E-state index contributed by atoms with van der Waals surface area (Å²) in [7, 11) is 0. The van der Waals surface area contributed by atoms with Gasteiger partial charge in [-0.1, -0.05) is 11.8 Å². The molecule has 0 aliphatic carbocycles. The average Bonchev–Trinajstić information content (AvgIpc) is 2.91. The first-order valence-corrected chi connectivity index (χ1v) is 7.31. The third-order valence-electron chi connectivity index (χ3n) is 2.66. The lowest BCUT2D eigenvalue weighted by Crippen LogP contribution is -2.26. The number of amides is 1. The van der Waals surface area contributed by atoms with Gasteiger partial charge in [0.2, 0.25) is 0 Å². The molecule has 2 rings (SSSR count). The number of aliphatic hydroxyl groups is 1. The number of carbonyl (C=O) groups excluding carboxylic acids is 1. The third kappa shape index (κ3) is 4.38. The highest BCUT2D eigenvalue weighted by Gasteiger charge is 2.09. The van der Waals surface area contributed by atoms with Gasteiger partial charge in [-0.15, -0.1) is 11.3 Å². The smallest absolute Gasteiger partial charge is 0.252 e. The molecule has 21 heavy (non-hydrogen) atoms. The average molecular weight is 301 g/mol. The molecule has 6 heteroatoms. The number of rotatable bonds is 4. The quantitative estimate of drug-likeness (QED) is 0.831. The van der Waals surface area contributed by atoms with E-state index in [9.17, 15) is 4.79 Å². The fourth-order valence-electron chi connectivity index (χ4n) is 1.72. The summed E-state index contributed by atoms with van der Waals surface area (Å²) in [5, 5.41) is 14.6. The van der Waals surface area contributed by atoms with Crippen LogP contribution in [0.3, 0.4) is 0 Å². The van der Waals surface area contributed by atoms with E-state index in [0.29, 0.717) is 24.1 Å². The van der Waals surface area contributed by atoms with E-state index in [-0.39, 0.29) is 12.5 Å². The maximum absolute atomic E-state index is 12.1. The van der Waals surface area contributed by atoms with Crippen LogP contribution in [0.15, 0.2) is 23.8 Å². The maximum atomic E-state index is 12.1. The number of nitrogens with one attached hydrogen (secondary N) is 1. The van der Waals surface area contributed by atoms with Gasteiger partial charge in [0.1, 0.15) is 6.61 Å². The Bertz CT molecular complexity index is 685. The zero-order valence-electron chi connectivity index (χ0n) is 11.6. The van der Waals surface area contributed by atoms with Crippen LogP contribution in [0.5, 0.6) is 0 Å². The number of nitrogens with zero attached hydrogens (tertiary/aromatic N) is 2. The first-order valence-electron chi connectivity index (χ1n) is 6.43. The summed E-state index contributed by atoms with van der Waals surface area (Å²) in [4.78, 5) is 20.4. The monoisotopic (exact) mass is 301 g/mol. The van der Waals surface area contributed by atoms with E-state index in [4.69, 9.17) is 5.11 Å². The molecule has 0 atom stereocenters. The van der Waals surface area contributed by atoms with E-state index in [1.54, 1.807) is 23.6 Å². The van der Waals surface area contributed by atoms with Crippen molar-refractivity contribution in [3.63, 3.8) is 0 Å². The van der Waals surface area contributed by atoms with Crippen molar-refractivity contribution < 1.29 is 9.90 Å². The zero-order chi connectivity index (χ0) is 15.1. The summed E-state index contributed by atoms with van der Waals surface area (Å²) in [6, 6.07) is 1.62. The van der Waals surface area contributed by atoms with Gasteiger partial charge < -0.3 is 10.4 Å². The van der Waals surface area contributed by atoms with Gasteiger partial charge in [0, 0.05) is 36.4 Å². The lowest BCUT2D eigenvalue weighted by molar-refractivity contribution is 0.0954. The normalized spacial score (nSPS) is 9.81. The number of hydrogen-bond acceptors (Lipinski definition) is 5. The standard InChI is InChI=1S/C15H15N3O2S/c1-11-10-21-14(18-11)5-7-17-15(20)13-4-6-16-9-12(13)3-2-8-19/h4,6,9-10,19H,5,7-8H2,1H3,(H,17,20). The summed E-state index contributed by atoms with van der Waals surface area (Å²) in [6.07, 6.45) is 3.76. The molecule has 0 saturated heterocycles. The van der Waals surface area contributed by atoms with E-state index in [0.717, 1.165) is 10.7 Å². The molecule has 2 aromatic rings. The van der Waals surface area contributed by atoms with Crippen LogP contribution >= 0.6 is 11.3 Å². The zero-order valence-corrected chi connectivity index (χ0v) is 12.4. The molecular formula is C15H15N3O2S. The van der Waals surface area contributed by atoms with Gasteiger partial charge in [0.05, 0.1) is 16.1 Å². The van der Waals surface area contributed by atoms with Crippen LogP contribution in [-0.2, 0) is 6.42 Å². The number of aryl methyl sites for hydroxylation is 1. The first kappa shape index (κ1) is 15.2. The molecule has 2 heterocycles. The van der Waals surface area contributed by atoms with E-state index in [1.165, 1.54) is 6.20 Å². The fraction of sp³-hybridized carbons (Fsp3) is 0.267. The van der Waals surface area contributed by atoms with Crippen molar-refractivity contribution in [2.45, 2.75) is 13.3 Å². The molecule has 0 fully saturated rings. The highest BCUT2D eigenvalue weighted by atomic mass is 32.1. The Kier molecular flexibility index (Phi) is 5.43. The molecule has 0 aromatic carbocycles. The summed E-state index contributed by atoms with van der Waals surface area (Å²) < 4.78 is 0. The Balaban J connectivity index is 1.97. The molecule has 0 aliphatic rings. The Hall–Kier alpha value is -2.23. The highest BCUT2D eigenvalue weighted by Crippen LogP contribution is 2.09. The van der Waals surface area contributed by atoms with Crippen LogP contribution in [0.25, 0.3) is 0 Å². The van der Waals surface area contributed by atoms with Crippen LogP contribution < -0.4 is 5.32 Å². The third-order valence-corrected chi connectivity index (χ3v) is 3.69. The van der Waals surface area contributed by atoms with Crippen LogP contribution in [-0.4, -0.2) is 34.1 Å². The summed E-state index contributed by atoms with van der Waals surface area (Å²) in [5.41, 5.74) is 1.97. The SMILES string of the molecule is Cc1csc(CCNC(=O)c2ccncc2C#CCO)n1. The minimum Gasteiger partial charge on any atom is -0.384 e. The second-order valence-electron chi connectivity index (χ2n) is 4.27. The van der Waals surface area contributed by atoms with Gasteiger partial charge in [-0.3, -0.25) is 9.78 Å². The van der Waals surface area contributed by atoms with Crippen molar-refractivity contribution in [3.05, 3.63) is 45.7 Å². The molecule has 5 nitrogen and oxygen atoms in total. The van der Waals surface area contributed by atoms with E-state index in [1.807, 2.05) is 12.3 Å². The fourth-order valence-corrected chi connectivity index (χ4v) is 2.50. The number of pyridine rings is 1. The topological polar surface area (TPSA) is 75.1 Å². The Morgan fingerprint density at radius 1 is 1.52 bits per heavy atom. The Morgan fingerprint density at radius 2 is 2.38 bits per heavy atom. The highest BCUT2D eigenvalue weighted by molar-refractivity contribution is 7.09. The van der Waals surface area contributed by atoms with Gasteiger partial charge in [-0.2, -0.15) is 0 Å². The summed E-state index contributed by atoms with van der Waals surface area (Å²) >= 11 is 1.59. The van der Waals surface area contributed by atoms with Gasteiger partial charge in [0.15, 0.2) is 0 Å². The number of carbonyl (C=O) groups is 1. The summed E-state index contributed by atoms with van der Waals surface area (Å²) in [6.45, 7) is 2.21. The lowest BCUT2D eigenvalue weighted by Gasteiger charge is -2.05. The minimum absolute atomic E-state index is 0.201. The van der Waals surface area contributed by atoms with Crippen molar-refractivity contribution in [3.8, 4) is 11.8 Å². The molecule has 0 saturated carbocycles. The predicted molar refractivity (Wildman–Crippen MR) is 81.1 cm³/mol. The van der Waals surface area contributed by atoms with Crippen molar-refractivity contribution in [2.24, 2.45) is 0 Å². The molecule has 0 bridgehead atoms. The maximum Gasteiger partial charge on any atom is 0.252 e. The van der Waals surface area contributed by atoms with E-state index in [2.05, 4.69) is 27.1 Å². The molecule has 0 radical (unpaired) electrons. The number of thiazole rings is 1. The predicted octanol–water partition coefficient (Wildman–Crippen LogP) is 1.16. The van der Waals surface area contributed by atoms with Crippen molar-refractivity contribution in [1.29, 1.82) is 0 Å². The molecule has 1 amide bonds. The molecule has 0 aliphatic heterocycles. The van der Waals surface area contributed by atoms with Gasteiger partial charge in [-0.05, 0) is 13.0 Å². The number of aromatic nitrogens is 2. The Labute approximate surface area is 127 Å². The second kappa shape index (κ2) is 7.53.